The summed E-state index contributed by atoms with van der Waals surface area (Å²) < 4.78 is 0. The van der Waals surface area contributed by atoms with E-state index in [1.165, 1.54) is 0 Å². The van der Waals surface area contributed by atoms with E-state index < -0.39 is 0 Å². The summed E-state index contributed by atoms with van der Waals surface area (Å²) in [5.74, 6) is 0.376. The molecule has 14 heavy (non-hydrogen) atoms. The fraction of sp³-hybridized carbons (Fsp3) is 0.727. The Hall–Kier alpha value is -0.830. The topological polar surface area (TPSA) is 55.1 Å². The second kappa shape index (κ2) is 5.15. The number of nitrogens with two attached hydrogens (primary N) is 1. The summed E-state index contributed by atoms with van der Waals surface area (Å²) in [6.07, 6.45) is 6.14. The van der Waals surface area contributed by atoms with Gasteiger partial charge in [-0.15, -0.1) is 0 Å². The maximum atomic E-state index is 11.8. The van der Waals surface area contributed by atoms with Gasteiger partial charge >= 0.3 is 0 Å². The highest BCUT2D eigenvalue weighted by Crippen LogP contribution is 2.13. The van der Waals surface area contributed by atoms with Crippen molar-refractivity contribution in [1.29, 1.82) is 0 Å². The number of hydrogen-bond donors (Lipinski definition) is 2. The van der Waals surface area contributed by atoms with Crippen LogP contribution in [0.1, 0.15) is 26.7 Å². The molecule has 0 fully saturated rings. The van der Waals surface area contributed by atoms with Crippen molar-refractivity contribution in [2.24, 2.45) is 17.6 Å². The van der Waals surface area contributed by atoms with Crippen LogP contribution in [0.15, 0.2) is 12.2 Å². The van der Waals surface area contributed by atoms with E-state index in [-0.39, 0.29) is 11.8 Å². The van der Waals surface area contributed by atoms with Crippen LogP contribution in [0.25, 0.3) is 0 Å². The van der Waals surface area contributed by atoms with Gasteiger partial charge in [0.25, 0.3) is 0 Å². The summed E-state index contributed by atoms with van der Waals surface area (Å²) in [4.78, 5) is 11.8. The minimum atomic E-state index is -0.0457. The zero-order valence-electron chi connectivity index (χ0n) is 8.99. The number of hydrogen-bond acceptors (Lipinski definition) is 2. The summed E-state index contributed by atoms with van der Waals surface area (Å²) in [6, 6.07) is 0.301. The van der Waals surface area contributed by atoms with Crippen LogP contribution in [0.4, 0.5) is 0 Å². The Balaban J connectivity index is 2.39. The molecule has 0 aromatic carbocycles. The molecule has 3 nitrogen and oxygen atoms in total. The maximum Gasteiger partial charge on any atom is 0.224 e. The second-order valence-corrected chi connectivity index (χ2v) is 4.23. The van der Waals surface area contributed by atoms with Gasteiger partial charge in [-0.05, 0) is 18.8 Å². The van der Waals surface area contributed by atoms with Crippen LogP contribution in [0.3, 0.4) is 0 Å². The van der Waals surface area contributed by atoms with Crippen LogP contribution in [0, 0.1) is 11.8 Å². The van der Waals surface area contributed by atoms with Crippen molar-refractivity contribution in [2.75, 3.05) is 6.54 Å². The molecule has 0 aromatic heterocycles. The van der Waals surface area contributed by atoms with Gasteiger partial charge < -0.3 is 11.1 Å². The zero-order valence-corrected chi connectivity index (χ0v) is 8.99. The molecular formula is C11H20N2O. The van der Waals surface area contributed by atoms with E-state index in [1.54, 1.807) is 0 Å². The van der Waals surface area contributed by atoms with Gasteiger partial charge in [0.15, 0.2) is 0 Å². The first-order valence-corrected chi connectivity index (χ1v) is 5.30. The molecule has 0 aromatic rings. The first-order chi connectivity index (χ1) is 6.65. The lowest BCUT2D eigenvalue weighted by molar-refractivity contribution is -0.126. The smallest absolute Gasteiger partial charge is 0.224 e. The van der Waals surface area contributed by atoms with Crippen molar-refractivity contribution in [3.63, 3.8) is 0 Å². The van der Waals surface area contributed by atoms with Crippen LogP contribution in [-0.4, -0.2) is 18.5 Å². The lowest BCUT2D eigenvalue weighted by Crippen LogP contribution is -2.42. The molecule has 3 heteroatoms. The number of carbonyl (C=O) groups is 1. The molecule has 0 radical (unpaired) electrons. The van der Waals surface area contributed by atoms with E-state index in [2.05, 4.69) is 17.5 Å². The Bertz CT molecular complexity index is 215. The molecule has 0 bridgehead atoms. The number of rotatable bonds is 4. The molecule has 0 saturated carbocycles. The summed E-state index contributed by atoms with van der Waals surface area (Å²) in [5, 5.41) is 3.03. The highest BCUT2D eigenvalue weighted by molar-refractivity contribution is 5.79. The van der Waals surface area contributed by atoms with Crippen LogP contribution >= 0.6 is 0 Å². The lowest BCUT2D eigenvalue weighted by Gasteiger charge is -2.21. The van der Waals surface area contributed by atoms with Gasteiger partial charge in [0, 0.05) is 12.6 Å². The van der Waals surface area contributed by atoms with Crippen LogP contribution in [-0.2, 0) is 4.79 Å². The van der Waals surface area contributed by atoms with Crippen molar-refractivity contribution in [1.82, 2.24) is 5.32 Å². The van der Waals surface area contributed by atoms with Crippen molar-refractivity contribution < 1.29 is 4.79 Å². The van der Waals surface area contributed by atoms with Gasteiger partial charge in [-0.1, -0.05) is 26.0 Å². The second-order valence-electron chi connectivity index (χ2n) is 4.23. The van der Waals surface area contributed by atoms with E-state index in [1.807, 2.05) is 13.8 Å². The average Bonchev–Trinajstić information content (AvgIpc) is 2.57. The van der Waals surface area contributed by atoms with Gasteiger partial charge in [-0.3, -0.25) is 4.79 Å². The quantitative estimate of drug-likeness (QED) is 0.660. The normalized spacial score (nSPS) is 18.9. The maximum absolute atomic E-state index is 11.8. The number of amides is 1. The van der Waals surface area contributed by atoms with Crippen LogP contribution in [0.5, 0.6) is 0 Å². The molecule has 0 heterocycles. The minimum absolute atomic E-state index is 0.0457. The Morgan fingerprint density at radius 1 is 1.50 bits per heavy atom. The minimum Gasteiger partial charge on any atom is -0.352 e. The Morgan fingerprint density at radius 3 is 2.50 bits per heavy atom. The highest BCUT2D eigenvalue weighted by Gasteiger charge is 2.23. The first-order valence-electron chi connectivity index (χ1n) is 5.30. The molecule has 80 valence electrons. The van der Waals surface area contributed by atoms with Gasteiger partial charge in [0.1, 0.15) is 0 Å². The van der Waals surface area contributed by atoms with E-state index in [0.717, 1.165) is 12.8 Å². The summed E-state index contributed by atoms with van der Waals surface area (Å²) in [5.41, 5.74) is 5.57. The molecular weight excluding hydrogens is 176 g/mol. The molecule has 0 saturated heterocycles. The van der Waals surface area contributed by atoms with Crippen LogP contribution < -0.4 is 11.1 Å². The zero-order chi connectivity index (χ0) is 10.6. The van der Waals surface area contributed by atoms with Crippen molar-refractivity contribution in [2.45, 2.75) is 32.7 Å². The third-order valence-corrected chi connectivity index (χ3v) is 2.75. The molecule has 1 unspecified atom stereocenters. The molecule has 1 atom stereocenters. The molecule has 1 aliphatic rings. The van der Waals surface area contributed by atoms with Crippen LogP contribution in [0.2, 0.25) is 0 Å². The Kier molecular flexibility index (Phi) is 4.14. The summed E-state index contributed by atoms with van der Waals surface area (Å²) in [7, 11) is 0. The standard InChI is InChI=1S/C11H20N2O/c1-8(2)10(7-12)11(14)13-9-5-3-4-6-9/h3-4,8-10H,5-7,12H2,1-2H3,(H,13,14). The van der Waals surface area contributed by atoms with Crippen molar-refractivity contribution >= 4 is 5.91 Å². The predicted molar refractivity (Wildman–Crippen MR) is 57.7 cm³/mol. The van der Waals surface area contributed by atoms with Gasteiger partial charge in [0.2, 0.25) is 5.91 Å². The highest BCUT2D eigenvalue weighted by atomic mass is 16.2. The fourth-order valence-corrected chi connectivity index (χ4v) is 1.73. The van der Waals surface area contributed by atoms with E-state index in [0.29, 0.717) is 18.5 Å². The van der Waals surface area contributed by atoms with Gasteiger partial charge in [0.05, 0.1) is 5.92 Å². The van der Waals surface area contributed by atoms with Gasteiger partial charge in [-0.25, -0.2) is 0 Å². The molecule has 0 aliphatic heterocycles. The lowest BCUT2D eigenvalue weighted by atomic mass is 9.95. The summed E-state index contributed by atoms with van der Waals surface area (Å²) >= 11 is 0. The number of nitrogens with one attached hydrogen (secondary N) is 1. The molecule has 1 aliphatic carbocycles. The third kappa shape index (κ3) is 2.84. The fourth-order valence-electron chi connectivity index (χ4n) is 1.73. The molecule has 1 rings (SSSR count). The number of carbonyl (C=O) groups excluding carboxylic acids is 1. The predicted octanol–water partition coefficient (Wildman–Crippen LogP) is 1.05. The van der Waals surface area contributed by atoms with E-state index in [4.69, 9.17) is 5.73 Å². The van der Waals surface area contributed by atoms with E-state index in [9.17, 15) is 4.79 Å². The Morgan fingerprint density at radius 2 is 2.07 bits per heavy atom. The Labute approximate surface area is 85.7 Å². The van der Waals surface area contributed by atoms with E-state index >= 15 is 0 Å². The largest absolute Gasteiger partial charge is 0.352 e. The molecule has 0 spiro atoms. The summed E-state index contributed by atoms with van der Waals surface area (Å²) in [6.45, 7) is 4.50. The van der Waals surface area contributed by atoms with Crippen molar-refractivity contribution in [3.8, 4) is 0 Å². The monoisotopic (exact) mass is 196 g/mol. The average molecular weight is 196 g/mol. The first kappa shape index (κ1) is 11.2. The molecule has 3 N–H and O–H groups in total. The van der Waals surface area contributed by atoms with Crippen molar-refractivity contribution in [3.05, 3.63) is 12.2 Å². The SMILES string of the molecule is CC(C)C(CN)C(=O)NC1CC=CC1. The molecule has 1 amide bonds. The third-order valence-electron chi connectivity index (χ3n) is 2.75. The van der Waals surface area contributed by atoms with Gasteiger partial charge in [-0.2, -0.15) is 0 Å².